The van der Waals surface area contributed by atoms with Crippen molar-refractivity contribution in [2.75, 3.05) is 13.1 Å². The van der Waals surface area contributed by atoms with Gasteiger partial charge in [-0.25, -0.2) is 4.79 Å². The van der Waals surface area contributed by atoms with E-state index >= 15 is 0 Å². The molecule has 5 nitrogen and oxygen atoms in total. The molecule has 150 valence electrons. The third-order valence-electron chi connectivity index (χ3n) is 5.40. The Morgan fingerprint density at radius 2 is 1.79 bits per heavy atom. The third kappa shape index (κ3) is 4.30. The van der Waals surface area contributed by atoms with Gasteiger partial charge in [-0.2, -0.15) is 0 Å². The van der Waals surface area contributed by atoms with Gasteiger partial charge in [0.25, 0.3) is 5.56 Å². The molecule has 0 saturated carbocycles. The highest BCUT2D eigenvalue weighted by molar-refractivity contribution is 6.31. The number of carbonyl (C=O) groups excluding carboxylic acids is 1. The van der Waals surface area contributed by atoms with Gasteiger partial charge in [0.2, 0.25) is 0 Å². The molecule has 1 saturated heterocycles. The van der Waals surface area contributed by atoms with E-state index in [4.69, 9.17) is 11.6 Å². The van der Waals surface area contributed by atoms with Gasteiger partial charge in [0, 0.05) is 35.7 Å². The lowest BCUT2D eigenvalue weighted by atomic mass is 10.1. The number of urea groups is 1. The van der Waals surface area contributed by atoms with Gasteiger partial charge in [-0.15, -0.1) is 0 Å². The molecular formula is C23H24ClN3O2. The zero-order valence-electron chi connectivity index (χ0n) is 16.5. The fourth-order valence-electron chi connectivity index (χ4n) is 3.83. The molecule has 2 aromatic carbocycles. The Morgan fingerprint density at radius 3 is 2.55 bits per heavy atom. The van der Waals surface area contributed by atoms with Crippen molar-refractivity contribution in [3.05, 3.63) is 80.6 Å². The summed E-state index contributed by atoms with van der Waals surface area (Å²) in [6.07, 6.45) is 2.03. The Hall–Kier alpha value is -2.79. The van der Waals surface area contributed by atoms with Crippen molar-refractivity contribution in [2.24, 2.45) is 0 Å². The average Bonchev–Trinajstić information content (AvgIpc) is 3.24. The minimum Gasteiger partial charge on any atom is -0.325 e. The van der Waals surface area contributed by atoms with E-state index in [1.54, 1.807) is 4.90 Å². The largest absolute Gasteiger partial charge is 0.325 e. The van der Waals surface area contributed by atoms with E-state index in [2.05, 4.69) is 4.98 Å². The van der Waals surface area contributed by atoms with Crippen LogP contribution >= 0.6 is 11.6 Å². The van der Waals surface area contributed by atoms with Crippen molar-refractivity contribution in [2.45, 2.75) is 32.9 Å². The number of pyridine rings is 1. The maximum atomic E-state index is 13.2. The van der Waals surface area contributed by atoms with Crippen molar-refractivity contribution >= 4 is 28.5 Å². The number of amides is 2. The van der Waals surface area contributed by atoms with E-state index < -0.39 is 0 Å². The summed E-state index contributed by atoms with van der Waals surface area (Å²) in [7, 11) is 0. The first-order valence-corrected chi connectivity index (χ1v) is 10.3. The smallest absolute Gasteiger partial charge is 0.320 e. The number of likely N-dealkylation sites (tertiary alicyclic amines) is 1. The van der Waals surface area contributed by atoms with Gasteiger partial charge >= 0.3 is 6.03 Å². The Bertz CT molecular complexity index is 1100. The summed E-state index contributed by atoms with van der Waals surface area (Å²) in [5.41, 5.74) is 3.20. The number of carbonyl (C=O) groups is 1. The molecule has 0 unspecified atom stereocenters. The number of aromatic amines is 1. The topological polar surface area (TPSA) is 56.4 Å². The van der Waals surface area contributed by atoms with Gasteiger partial charge < -0.3 is 14.8 Å². The number of nitrogens with one attached hydrogen (secondary N) is 1. The number of hydrogen-bond acceptors (Lipinski definition) is 2. The Kier molecular flexibility index (Phi) is 5.58. The van der Waals surface area contributed by atoms with Crippen LogP contribution in [0.1, 0.15) is 29.5 Å². The molecule has 1 aromatic heterocycles. The third-order valence-corrected chi connectivity index (χ3v) is 5.77. The highest BCUT2D eigenvalue weighted by Gasteiger charge is 2.25. The van der Waals surface area contributed by atoms with Crippen LogP contribution in [0.2, 0.25) is 5.02 Å². The van der Waals surface area contributed by atoms with E-state index in [1.165, 1.54) is 0 Å². The van der Waals surface area contributed by atoms with Crippen LogP contribution in [0.15, 0.2) is 53.3 Å². The molecule has 1 aliphatic heterocycles. The summed E-state index contributed by atoms with van der Waals surface area (Å²) in [5.74, 6) is 0. The molecule has 2 amide bonds. The number of fused-ring (bicyclic) bond motifs is 1. The SMILES string of the molecule is Cc1ccc2[nH]c(=O)c(CN(Cc3ccccc3Cl)C(=O)N3CCCC3)cc2c1. The van der Waals surface area contributed by atoms with Crippen LogP contribution in [0.3, 0.4) is 0 Å². The van der Waals surface area contributed by atoms with E-state index in [9.17, 15) is 9.59 Å². The van der Waals surface area contributed by atoms with E-state index in [0.29, 0.717) is 17.1 Å². The fourth-order valence-corrected chi connectivity index (χ4v) is 4.02. The molecule has 6 heteroatoms. The van der Waals surface area contributed by atoms with E-state index in [1.807, 2.05) is 60.4 Å². The first kappa shape index (κ1) is 19.5. The number of halogens is 1. The number of hydrogen-bond donors (Lipinski definition) is 1. The van der Waals surface area contributed by atoms with Crippen molar-refractivity contribution in [1.29, 1.82) is 0 Å². The summed E-state index contributed by atoms with van der Waals surface area (Å²) in [4.78, 5) is 32.4. The van der Waals surface area contributed by atoms with Gasteiger partial charge in [-0.3, -0.25) is 4.79 Å². The maximum absolute atomic E-state index is 13.2. The minimum absolute atomic E-state index is 0.0499. The van der Waals surface area contributed by atoms with Gasteiger partial charge in [0.05, 0.1) is 6.54 Å². The number of nitrogens with zero attached hydrogens (tertiary/aromatic N) is 2. The second kappa shape index (κ2) is 8.29. The van der Waals surface area contributed by atoms with Gasteiger partial charge in [0.1, 0.15) is 0 Å². The van der Waals surface area contributed by atoms with Crippen LogP contribution in [0, 0.1) is 6.92 Å². The summed E-state index contributed by atoms with van der Waals surface area (Å²) < 4.78 is 0. The molecule has 1 N–H and O–H groups in total. The molecule has 0 spiro atoms. The molecular weight excluding hydrogens is 386 g/mol. The van der Waals surface area contributed by atoms with Crippen molar-refractivity contribution in [3.8, 4) is 0 Å². The van der Waals surface area contributed by atoms with Gasteiger partial charge in [-0.05, 0) is 55.0 Å². The van der Waals surface area contributed by atoms with Crippen LogP contribution < -0.4 is 5.56 Å². The molecule has 1 fully saturated rings. The summed E-state index contributed by atoms with van der Waals surface area (Å²) in [6.45, 7) is 4.13. The quantitative estimate of drug-likeness (QED) is 0.678. The Balaban J connectivity index is 1.68. The van der Waals surface area contributed by atoms with Crippen LogP contribution in [-0.4, -0.2) is 33.9 Å². The molecule has 0 aliphatic carbocycles. The number of aryl methyl sites for hydroxylation is 1. The van der Waals surface area contributed by atoms with Crippen molar-refractivity contribution in [3.63, 3.8) is 0 Å². The second-order valence-corrected chi connectivity index (χ2v) is 8.05. The summed E-state index contributed by atoms with van der Waals surface area (Å²) in [6, 6.07) is 15.3. The zero-order valence-corrected chi connectivity index (χ0v) is 17.2. The lowest BCUT2D eigenvalue weighted by Crippen LogP contribution is -2.41. The zero-order chi connectivity index (χ0) is 20.4. The Morgan fingerprint density at radius 1 is 1.07 bits per heavy atom. The standard InChI is InChI=1S/C23H24ClN3O2/c1-16-8-9-21-18(12-16)13-19(22(28)25-21)15-27(23(29)26-10-4-5-11-26)14-17-6-2-3-7-20(17)24/h2-3,6-9,12-13H,4-5,10-11,14-15H2,1H3,(H,25,28). The fraction of sp³-hybridized carbons (Fsp3) is 0.304. The van der Waals surface area contributed by atoms with Gasteiger partial charge in [0.15, 0.2) is 0 Å². The van der Waals surface area contributed by atoms with Crippen LogP contribution in [-0.2, 0) is 13.1 Å². The van der Waals surface area contributed by atoms with Crippen LogP contribution in [0.4, 0.5) is 4.79 Å². The molecule has 3 aromatic rings. The molecule has 0 radical (unpaired) electrons. The van der Waals surface area contributed by atoms with Gasteiger partial charge in [-0.1, -0.05) is 41.4 Å². The number of benzene rings is 2. The number of aromatic nitrogens is 1. The summed E-state index contributed by atoms with van der Waals surface area (Å²) >= 11 is 6.34. The Labute approximate surface area is 174 Å². The molecule has 4 rings (SSSR count). The van der Waals surface area contributed by atoms with Crippen LogP contribution in [0.25, 0.3) is 10.9 Å². The van der Waals surface area contributed by atoms with Crippen molar-refractivity contribution in [1.82, 2.24) is 14.8 Å². The number of H-pyrrole nitrogens is 1. The number of rotatable bonds is 4. The molecule has 0 atom stereocenters. The molecule has 1 aliphatic rings. The highest BCUT2D eigenvalue weighted by atomic mass is 35.5. The van der Waals surface area contributed by atoms with E-state index in [-0.39, 0.29) is 18.1 Å². The molecule has 2 heterocycles. The highest BCUT2D eigenvalue weighted by Crippen LogP contribution is 2.21. The minimum atomic E-state index is -0.167. The lowest BCUT2D eigenvalue weighted by Gasteiger charge is -2.28. The van der Waals surface area contributed by atoms with E-state index in [0.717, 1.165) is 48.0 Å². The second-order valence-electron chi connectivity index (χ2n) is 7.64. The first-order chi connectivity index (χ1) is 14.0. The monoisotopic (exact) mass is 409 g/mol. The summed E-state index contributed by atoms with van der Waals surface area (Å²) in [5, 5.41) is 1.58. The maximum Gasteiger partial charge on any atom is 0.320 e. The predicted molar refractivity (Wildman–Crippen MR) is 116 cm³/mol. The van der Waals surface area contributed by atoms with Crippen molar-refractivity contribution < 1.29 is 4.79 Å². The molecule has 29 heavy (non-hydrogen) atoms. The average molecular weight is 410 g/mol. The predicted octanol–water partition coefficient (Wildman–Crippen LogP) is 4.71. The van der Waals surface area contributed by atoms with Crippen LogP contribution in [0.5, 0.6) is 0 Å². The molecule has 0 bridgehead atoms. The lowest BCUT2D eigenvalue weighted by molar-refractivity contribution is 0.156. The normalized spacial score (nSPS) is 13.8. The first-order valence-electron chi connectivity index (χ1n) is 9.91.